The van der Waals surface area contributed by atoms with Crippen LogP contribution in [0.1, 0.15) is 31.4 Å². The summed E-state index contributed by atoms with van der Waals surface area (Å²) in [6, 6.07) is 16.8. The van der Waals surface area contributed by atoms with E-state index in [1.54, 1.807) is 30.3 Å². The minimum absolute atomic E-state index is 0.126. The van der Waals surface area contributed by atoms with Crippen LogP contribution in [-0.2, 0) is 16.1 Å². The Morgan fingerprint density at radius 2 is 1.97 bits per heavy atom. The summed E-state index contributed by atoms with van der Waals surface area (Å²) in [7, 11) is 0. The van der Waals surface area contributed by atoms with Crippen LogP contribution in [-0.4, -0.2) is 30.3 Å². The molecule has 2 aromatic carbocycles. The van der Waals surface area contributed by atoms with Crippen LogP contribution in [0.15, 0.2) is 53.3 Å². The summed E-state index contributed by atoms with van der Waals surface area (Å²) in [6.45, 7) is 7.56. The first kappa shape index (κ1) is 25.9. The molecule has 182 valence electrons. The number of para-hydroxylation sites is 2. The number of ether oxygens (including phenoxy) is 2. The molecule has 1 N–H and O–H groups in total. The lowest BCUT2D eigenvalue weighted by Crippen LogP contribution is -2.34. The van der Waals surface area contributed by atoms with Crippen LogP contribution < -0.4 is 24.8 Å². The van der Waals surface area contributed by atoms with Gasteiger partial charge < -0.3 is 14.8 Å². The number of amides is 1. The summed E-state index contributed by atoms with van der Waals surface area (Å²) in [5, 5.41) is 12.7. The summed E-state index contributed by atoms with van der Waals surface area (Å²) in [5.41, 5.74) is 2.05. The number of benzene rings is 2. The predicted molar refractivity (Wildman–Crippen MR) is 139 cm³/mol. The highest BCUT2D eigenvalue weighted by molar-refractivity contribution is 7.07. The van der Waals surface area contributed by atoms with E-state index < -0.39 is 5.91 Å². The molecule has 35 heavy (non-hydrogen) atoms. The van der Waals surface area contributed by atoms with Gasteiger partial charge in [0.25, 0.3) is 11.5 Å². The van der Waals surface area contributed by atoms with Gasteiger partial charge >= 0.3 is 0 Å². The summed E-state index contributed by atoms with van der Waals surface area (Å²) >= 11 is 1.14. The number of thiazole rings is 1. The maximum atomic E-state index is 13.3. The first-order valence-corrected chi connectivity index (χ1v) is 12.3. The molecular weight excluding hydrogens is 462 g/mol. The molecule has 0 aliphatic rings. The number of nitrogens with zero attached hydrogens (tertiary/aromatic N) is 2. The van der Waals surface area contributed by atoms with Gasteiger partial charge in [0.2, 0.25) is 0 Å². The van der Waals surface area contributed by atoms with Crippen molar-refractivity contribution in [2.24, 2.45) is 0 Å². The van der Waals surface area contributed by atoms with Crippen molar-refractivity contribution in [1.82, 2.24) is 4.57 Å². The molecule has 0 saturated carbocycles. The fourth-order valence-corrected chi connectivity index (χ4v) is 4.65. The maximum Gasteiger partial charge on any atom is 0.269 e. The number of hydrogen-bond acceptors (Lipinski definition) is 6. The molecule has 0 atom stereocenters. The third-order valence-corrected chi connectivity index (χ3v) is 6.24. The van der Waals surface area contributed by atoms with E-state index in [4.69, 9.17) is 9.47 Å². The standard InChI is InChI=1S/C27H29N3O4S/c1-4-33-15-9-14-30-26(32)24(17-20-11-8-10-19(3)16-20)35-27(30)21(18-28)25(31)29-22-12-6-7-13-23(22)34-5-2/h6-8,10-13,16-17H,4-5,9,14-15H2,1-3H3,(H,29,31)/b24-17+,27-21-. The van der Waals surface area contributed by atoms with E-state index in [0.717, 1.165) is 22.5 Å². The van der Waals surface area contributed by atoms with E-state index in [1.165, 1.54) is 4.57 Å². The molecule has 0 bridgehead atoms. The van der Waals surface area contributed by atoms with Gasteiger partial charge in [0.1, 0.15) is 16.5 Å². The Labute approximate surface area is 208 Å². The summed E-state index contributed by atoms with van der Waals surface area (Å²) in [6.07, 6.45) is 2.37. The van der Waals surface area contributed by atoms with Crippen molar-refractivity contribution in [2.75, 3.05) is 25.1 Å². The Morgan fingerprint density at radius 3 is 2.69 bits per heavy atom. The van der Waals surface area contributed by atoms with Crippen molar-refractivity contribution in [3.63, 3.8) is 0 Å². The van der Waals surface area contributed by atoms with Gasteiger partial charge in [0.15, 0.2) is 5.57 Å². The fourth-order valence-electron chi connectivity index (χ4n) is 3.52. The van der Waals surface area contributed by atoms with Gasteiger partial charge in [-0.1, -0.05) is 42.0 Å². The number of rotatable bonds is 10. The zero-order chi connectivity index (χ0) is 25.2. The van der Waals surface area contributed by atoms with Crippen molar-refractivity contribution in [3.8, 4) is 11.8 Å². The van der Waals surface area contributed by atoms with Crippen molar-refractivity contribution < 1.29 is 14.3 Å². The second-order valence-corrected chi connectivity index (χ2v) is 8.74. The third kappa shape index (κ3) is 6.69. The second kappa shape index (κ2) is 12.7. The summed E-state index contributed by atoms with van der Waals surface area (Å²) in [5.74, 6) is -0.0871. The molecule has 3 aromatic rings. The predicted octanol–water partition coefficient (Wildman–Crippen LogP) is 3.19. The van der Waals surface area contributed by atoms with Crippen molar-refractivity contribution in [1.29, 1.82) is 5.26 Å². The lowest BCUT2D eigenvalue weighted by atomic mass is 10.1. The van der Waals surface area contributed by atoms with E-state index in [2.05, 4.69) is 5.32 Å². The van der Waals surface area contributed by atoms with Crippen molar-refractivity contribution in [3.05, 3.63) is 79.2 Å². The molecule has 1 aromatic heterocycles. The molecule has 0 saturated heterocycles. The number of aromatic nitrogens is 1. The third-order valence-electron chi connectivity index (χ3n) is 5.11. The zero-order valence-corrected chi connectivity index (χ0v) is 21.0. The van der Waals surface area contributed by atoms with E-state index in [0.29, 0.717) is 53.4 Å². The monoisotopic (exact) mass is 491 g/mol. The SMILES string of the molecule is CCOCCCn1c(=O)/c(=C\c2cccc(C)c2)s/c1=C(/C#N)C(=O)Nc1ccccc1OCC. The van der Waals surface area contributed by atoms with Gasteiger partial charge in [-0.25, -0.2) is 0 Å². The molecule has 0 aliphatic heterocycles. The molecular formula is C27H29N3O4S. The molecule has 8 heteroatoms. The smallest absolute Gasteiger partial charge is 0.269 e. The van der Waals surface area contributed by atoms with E-state index in [1.807, 2.05) is 51.1 Å². The minimum Gasteiger partial charge on any atom is -0.492 e. The average Bonchev–Trinajstić information content (AvgIpc) is 3.13. The van der Waals surface area contributed by atoms with Crippen LogP contribution in [0.4, 0.5) is 5.69 Å². The molecule has 0 fully saturated rings. The topological polar surface area (TPSA) is 93.4 Å². The molecule has 1 amide bonds. The first-order chi connectivity index (χ1) is 17.0. The largest absolute Gasteiger partial charge is 0.492 e. The Morgan fingerprint density at radius 1 is 1.17 bits per heavy atom. The quantitative estimate of drug-likeness (QED) is 0.440. The molecule has 0 unspecified atom stereocenters. The highest BCUT2D eigenvalue weighted by Crippen LogP contribution is 2.24. The van der Waals surface area contributed by atoms with Crippen molar-refractivity contribution >= 4 is 34.6 Å². The summed E-state index contributed by atoms with van der Waals surface area (Å²) in [4.78, 5) is 26.5. The molecule has 1 heterocycles. The Balaban J connectivity index is 2.11. The normalized spacial score (nSPS) is 12.2. The van der Waals surface area contributed by atoms with Gasteiger partial charge in [-0.3, -0.25) is 14.2 Å². The van der Waals surface area contributed by atoms with E-state index >= 15 is 0 Å². The number of carbonyl (C=O) groups excluding carboxylic acids is 1. The van der Waals surface area contributed by atoms with Gasteiger partial charge in [-0.05, 0) is 51.0 Å². The van der Waals surface area contributed by atoms with Crippen LogP contribution in [0.25, 0.3) is 11.6 Å². The number of nitriles is 1. The van der Waals surface area contributed by atoms with Gasteiger partial charge in [0, 0.05) is 19.8 Å². The zero-order valence-electron chi connectivity index (χ0n) is 20.2. The van der Waals surface area contributed by atoms with E-state index in [9.17, 15) is 14.9 Å². The highest BCUT2D eigenvalue weighted by atomic mass is 32.1. The Kier molecular flexibility index (Phi) is 9.41. The summed E-state index contributed by atoms with van der Waals surface area (Å²) < 4.78 is 13.3. The van der Waals surface area contributed by atoms with Crippen LogP contribution in [0.2, 0.25) is 0 Å². The number of carbonyl (C=O) groups is 1. The Hall–Kier alpha value is -3.67. The molecule has 0 aliphatic carbocycles. The number of hydrogen-bond donors (Lipinski definition) is 1. The van der Waals surface area contributed by atoms with Crippen molar-refractivity contribution in [2.45, 2.75) is 33.7 Å². The van der Waals surface area contributed by atoms with E-state index in [-0.39, 0.29) is 11.1 Å². The molecule has 0 radical (unpaired) electrons. The van der Waals surface area contributed by atoms with Gasteiger partial charge in [-0.15, -0.1) is 11.3 Å². The van der Waals surface area contributed by atoms with Crippen LogP contribution >= 0.6 is 11.3 Å². The lowest BCUT2D eigenvalue weighted by molar-refractivity contribution is -0.111. The van der Waals surface area contributed by atoms with Crippen LogP contribution in [0, 0.1) is 18.3 Å². The second-order valence-electron chi connectivity index (χ2n) is 7.71. The molecule has 7 nitrogen and oxygen atoms in total. The highest BCUT2D eigenvalue weighted by Gasteiger charge is 2.17. The first-order valence-electron chi connectivity index (χ1n) is 11.5. The number of anilines is 1. The number of aryl methyl sites for hydroxylation is 1. The fraction of sp³-hybridized carbons (Fsp3) is 0.296. The molecule has 3 rings (SSSR count). The Bertz CT molecular complexity index is 1400. The minimum atomic E-state index is -0.596. The van der Waals surface area contributed by atoms with Gasteiger partial charge in [-0.2, -0.15) is 5.26 Å². The number of nitrogens with one attached hydrogen (secondary N) is 1. The lowest BCUT2D eigenvalue weighted by Gasteiger charge is -2.11. The van der Waals surface area contributed by atoms with Crippen LogP contribution in [0.5, 0.6) is 5.75 Å². The molecule has 0 spiro atoms. The average molecular weight is 492 g/mol. The maximum absolute atomic E-state index is 13.3. The van der Waals surface area contributed by atoms with Gasteiger partial charge in [0.05, 0.1) is 16.8 Å². The van der Waals surface area contributed by atoms with Crippen LogP contribution in [0.3, 0.4) is 0 Å².